The van der Waals surface area contributed by atoms with Gasteiger partial charge >= 0.3 is 0 Å². The zero-order valence-corrected chi connectivity index (χ0v) is 11.0. The minimum Gasteiger partial charge on any atom is -0.491 e. The van der Waals surface area contributed by atoms with Crippen molar-refractivity contribution >= 4 is 23.2 Å². The maximum atomic E-state index is 11.0. The SMILES string of the molecule is CC(CCC(=O)NN)Oc1ccc([N+](=O)[O-])c(Cl)c1. The first-order chi connectivity index (χ1) is 8.93. The molecule has 0 fully saturated rings. The van der Waals surface area contributed by atoms with Gasteiger partial charge in [0, 0.05) is 18.6 Å². The third kappa shape index (κ3) is 4.72. The van der Waals surface area contributed by atoms with Crippen LogP contribution in [0.2, 0.25) is 5.02 Å². The molecule has 1 unspecified atom stereocenters. The summed E-state index contributed by atoms with van der Waals surface area (Å²) in [7, 11) is 0. The molecule has 1 aromatic rings. The first-order valence-corrected chi connectivity index (χ1v) is 5.92. The summed E-state index contributed by atoms with van der Waals surface area (Å²) in [6, 6.07) is 4.11. The summed E-state index contributed by atoms with van der Waals surface area (Å²) in [5.41, 5.74) is 1.85. The zero-order chi connectivity index (χ0) is 14.4. The van der Waals surface area contributed by atoms with Gasteiger partial charge in [0.1, 0.15) is 10.8 Å². The fourth-order valence-corrected chi connectivity index (χ4v) is 1.65. The van der Waals surface area contributed by atoms with Gasteiger partial charge in [-0.05, 0) is 19.4 Å². The Morgan fingerprint density at radius 1 is 1.63 bits per heavy atom. The Morgan fingerprint density at radius 3 is 2.84 bits per heavy atom. The molecule has 0 saturated heterocycles. The van der Waals surface area contributed by atoms with Crippen LogP contribution in [0, 0.1) is 10.1 Å². The Bertz CT molecular complexity index is 481. The van der Waals surface area contributed by atoms with Gasteiger partial charge in [0.25, 0.3) is 5.69 Å². The lowest BCUT2D eigenvalue weighted by Gasteiger charge is -2.14. The van der Waals surface area contributed by atoms with Crippen LogP contribution in [-0.2, 0) is 4.79 Å². The molecule has 0 aliphatic heterocycles. The standard InChI is InChI=1S/C11H14ClN3O4/c1-7(2-5-11(16)14-13)19-8-3-4-10(15(17)18)9(12)6-8/h3-4,6-7H,2,5,13H2,1H3,(H,14,16). The van der Waals surface area contributed by atoms with Crippen LogP contribution in [-0.4, -0.2) is 16.9 Å². The number of carbonyl (C=O) groups excluding carboxylic acids is 1. The Labute approximate surface area is 114 Å². The van der Waals surface area contributed by atoms with E-state index in [-0.39, 0.29) is 29.1 Å². The second-order valence-corrected chi connectivity index (χ2v) is 4.31. The quantitative estimate of drug-likeness (QED) is 0.359. The summed E-state index contributed by atoms with van der Waals surface area (Å²) in [6.07, 6.45) is 0.463. The van der Waals surface area contributed by atoms with E-state index in [1.165, 1.54) is 18.2 Å². The van der Waals surface area contributed by atoms with Crippen molar-refractivity contribution in [3.8, 4) is 5.75 Å². The number of nitro groups is 1. The highest BCUT2D eigenvalue weighted by Gasteiger charge is 2.14. The predicted molar refractivity (Wildman–Crippen MR) is 69.8 cm³/mol. The summed E-state index contributed by atoms with van der Waals surface area (Å²) in [4.78, 5) is 21.0. The van der Waals surface area contributed by atoms with Crippen molar-refractivity contribution < 1.29 is 14.5 Å². The number of nitrogens with two attached hydrogens (primary N) is 1. The maximum Gasteiger partial charge on any atom is 0.288 e. The van der Waals surface area contributed by atoms with Crippen molar-refractivity contribution in [1.82, 2.24) is 5.43 Å². The van der Waals surface area contributed by atoms with Crippen LogP contribution >= 0.6 is 11.6 Å². The highest BCUT2D eigenvalue weighted by atomic mass is 35.5. The smallest absolute Gasteiger partial charge is 0.288 e. The third-order valence-corrected chi connectivity index (χ3v) is 2.69. The van der Waals surface area contributed by atoms with Crippen molar-refractivity contribution in [2.24, 2.45) is 5.84 Å². The number of nitro benzene ring substituents is 1. The van der Waals surface area contributed by atoms with Gasteiger partial charge in [-0.15, -0.1) is 0 Å². The fraction of sp³-hybridized carbons (Fsp3) is 0.364. The molecular weight excluding hydrogens is 274 g/mol. The lowest BCUT2D eigenvalue weighted by atomic mass is 10.2. The fourth-order valence-electron chi connectivity index (χ4n) is 1.41. The van der Waals surface area contributed by atoms with E-state index in [0.717, 1.165) is 0 Å². The van der Waals surface area contributed by atoms with Gasteiger partial charge in [0.15, 0.2) is 0 Å². The Morgan fingerprint density at radius 2 is 2.32 bits per heavy atom. The molecule has 0 aliphatic carbocycles. The number of hydrogen-bond acceptors (Lipinski definition) is 5. The molecule has 0 spiro atoms. The predicted octanol–water partition coefficient (Wildman–Crippen LogP) is 1.79. The second kappa shape index (κ2) is 6.91. The van der Waals surface area contributed by atoms with Crippen LogP contribution in [0.4, 0.5) is 5.69 Å². The van der Waals surface area contributed by atoms with E-state index in [1.54, 1.807) is 6.92 Å². The first kappa shape index (κ1) is 15.2. The molecule has 1 aromatic carbocycles. The van der Waals surface area contributed by atoms with E-state index >= 15 is 0 Å². The molecule has 1 atom stereocenters. The van der Waals surface area contributed by atoms with Gasteiger partial charge in [-0.1, -0.05) is 11.6 Å². The molecule has 3 N–H and O–H groups in total. The van der Waals surface area contributed by atoms with Gasteiger partial charge in [-0.3, -0.25) is 20.3 Å². The summed E-state index contributed by atoms with van der Waals surface area (Å²) in [5, 5.41) is 10.6. The van der Waals surface area contributed by atoms with Crippen LogP contribution < -0.4 is 16.0 Å². The molecule has 104 valence electrons. The van der Waals surface area contributed by atoms with Crippen LogP contribution in [0.25, 0.3) is 0 Å². The van der Waals surface area contributed by atoms with Crippen LogP contribution in [0.15, 0.2) is 18.2 Å². The normalized spacial score (nSPS) is 11.7. The number of ether oxygens (including phenoxy) is 1. The number of benzene rings is 1. The minimum atomic E-state index is -0.568. The molecule has 1 rings (SSSR count). The topological polar surface area (TPSA) is 107 Å². The van der Waals surface area contributed by atoms with E-state index in [0.29, 0.717) is 12.2 Å². The van der Waals surface area contributed by atoms with Crippen LogP contribution in [0.3, 0.4) is 0 Å². The molecule has 0 saturated carbocycles. The number of carbonyl (C=O) groups is 1. The van der Waals surface area contributed by atoms with Crippen molar-refractivity contribution in [1.29, 1.82) is 0 Å². The lowest BCUT2D eigenvalue weighted by molar-refractivity contribution is -0.384. The summed E-state index contributed by atoms with van der Waals surface area (Å²) >= 11 is 5.76. The van der Waals surface area contributed by atoms with Crippen molar-refractivity contribution in [3.63, 3.8) is 0 Å². The molecule has 0 aromatic heterocycles. The summed E-state index contributed by atoms with van der Waals surface area (Å²) in [6.45, 7) is 1.78. The average molecular weight is 288 g/mol. The molecule has 7 nitrogen and oxygen atoms in total. The van der Waals surface area contributed by atoms with E-state index in [9.17, 15) is 14.9 Å². The van der Waals surface area contributed by atoms with E-state index in [2.05, 4.69) is 0 Å². The molecular formula is C11H14ClN3O4. The maximum absolute atomic E-state index is 11.0. The summed E-state index contributed by atoms with van der Waals surface area (Å²) in [5.74, 6) is 5.09. The average Bonchev–Trinajstić information content (AvgIpc) is 2.35. The summed E-state index contributed by atoms with van der Waals surface area (Å²) < 4.78 is 5.50. The van der Waals surface area contributed by atoms with Crippen LogP contribution in [0.1, 0.15) is 19.8 Å². The molecule has 0 aliphatic rings. The molecule has 19 heavy (non-hydrogen) atoms. The van der Waals surface area contributed by atoms with Gasteiger partial charge in [0.05, 0.1) is 11.0 Å². The number of hydrogen-bond donors (Lipinski definition) is 2. The number of amides is 1. The van der Waals surface area contributed by atoms with E-state index < -0.39 is 4.92 Å². The van der Waals surface area contributed by atoms with Gasteiger partial charge < -0.3 is 4.74 Å². The van der Waals surface area contributed by atoms with E-state index in [1.807, 2.05) is 5.43 Å². The zero-order valence-electron chi connectivity index (χ0n) is 10.3. The van der Waals surface area contributed by atoms with Gasteiger partial charge in [-0.2, -0.15) is 0 Å². The van der Waals surface area contributed by atoms with Crippen molar-refractivity contribution in [2.45, 2.75) is 25.9 Å². The van der Waals surface area contributed by atoms with Crippen molar-refractivity contribution in [2.75, 3.05) is 0 Å². The number of hydrazine groups is 1. The van der Waals surface area contributed by atoms with Gasteiger partial charge in [-0.25, -0.2) is 5.84 Å². The monoisotopic (exact) mass is 287 g/mol. The molecule has 0 heterocycles. The number of halogens is 1. The molecule has 0 radical (unpaired) electrons. The molecule has 1 amide bonds. The largest absolute Gasteiger partial charge is 0.491 e. The van der Waals surface area contributed by atoms with E-state index in [4.69, 9.17) is 22.2 Å². The Balaban J connectivity index is 2.60. The second-order valence-electron chi connectivity index (χ2n) is 3.90. The first-order valence-electron chi connectivity index (χ1n) is 5.54. The molecule has 0 bridgehead atoms. The Hall–Kier alpha value is -1.86. The minimum absolute atomic E-state index is 0.00870. The van der Waals surface area contributed by atoms with Crippen molar-refractivity contribution in [3.05, 3.63) is 33.3 Å². The number of nitrogens with one attached hydrogen (secondary N) is 1. The lowest BCUT2D eigenvalue weighted by Crippen LogP contribution is -2.30. The Kier molecular flexibility index (Phi) is 5.53. The highest BCUT2D eigenvalue weighted by Crippen LogP contribution is 2.29. The third-order valence-electron chi connectivity index (χ3n) is 2.39. The number of nitrogens with zero attached hydrogens (tertiary/aromatic N) is 1. The highest BCUT2D eigenvalue weighted by molar-refractivity contribution is 6.32. The van der Waals surface area contributed by atoms with Crippen LogP contribution in [0.5, 0.6) is 5.75 Å². The molecule has 8 heteroatoms. The number of rotatable bonds is 6. The van der Waals surface area contributed by atoms with Gasteiger partial charge in [0.2, 0.25) is 5.91 Å².